The topological polar surface area (TPSA) is 50.4 Å². The van der Waals surface area contributed by atoms with Crippen molar-refractivity contribution in [3.05, 3.63) is 0 Å². The van der Waals surface area contributed by atoms with Gasteiger partial charge in [0.1, 0.15) is 11.6 Å². The fourth-order valence-electron chi connectivity index (χ4n) is 3.56. The summed E-state index contributed by atoms with van der Waals surface area (Å²) in [4.78, 5) is 12.6. The summed E-state index contributed by atoms with van der Waals surface area (Å²) in [5.74, 6) is 1.17. The van der Waals surface area contributed by atoms with Crippen molar-refractivity contribution in [2.75, 3.05) is 25.4 Å². The van der Waals surface area contributed by atoms with Gasteiger partial charge in [-0.1, -0.05) is 19.3 Å². The van der Waals surface area contributed by atoms with Crippen LogP contribution in [-0.4, -0.2) is 47.7 Å². The van der Waals surface area contributed by atoms with Crippen LogP contribution in [0.4, 0.5) is 0 Å². The molecule has 0 bridgehead atoms. The van der Waals surface area contributed by atoms with Gasteiger partial charge in [0, 0.05) is 11.3 Å². The number of carbonyl (C=O) groups excluding carboxylic acids is 1. The number of rotatable bonds is 1. The third kappa shape index (κ3) is 6.93. The summed E-state index contributed by atoms with van der Waals surface area (Å²) in [6, 6.07) is -0.156. The maximum atomic E-state index is 12.6. The number of hydrogen-bond donors (Lipinski definition) is 2. The summed E-state index contributed by atoms with van der Waals surface area (Å²) in [5.41, 5.74) is -0.413. The summed E-state index contributed by atoms with van der Waals surface area (Å²) < 4.78 is 5.95. The van der Waals surface area contributed by atoms with E-state index in [0.29, 0.717) is 4.75 Å². The van der Waals surface area contributed by atoms with Gasteiger partial charge in [0.15, 0.2) is 0 Å². The Labute approximate surface area is 152 Å². The molecule has 2 N–H and O–H groups in total. The van der Waals surface area contributed by atoms with E-state index < -0.39 is 5.60 Å². The lowest BCUT2D eigenvalue weighted by atomic mass is 9.98. The minimum atomic E-state index is -0.413. The van der Waals surface area contributed by atoms with Crippen molar-refractivity contribution in [1.82, 2.24) is 10.6 Å². The largest absolute Gasteiger partial charge is 0.459 e. The Hall–Kier alpha value is -0.260. The van der Waals surface area contributed by atoms with Gasteiger partial charge in [0.2, 0.25) is 0 Å². The van der Waals surface area contributed by atoms with E-state index in [0.717, 1.165) is 32.5 Å². The number of carbonyl (C=O) groups is 1. The Morgan fingerprint density at radius 2 is 1.88 bits per heavy atom. The standard InChI is InChI=1S/C19H36N2O2S/c1-18(2,3)23-17(22)16-9-6-4-5-7-12-20-13-11-19(15-21-16)10-8-14-24-19/h16,20-21H,4-15H2,1-3H3. The van der Waals surface area contributed by atoms with Crippen molar-refractivity contribution in [3.8, 4) is 0 Å². The highest BCUT2D eigenvalue weighted by Crippen LogP contribution is 2.40. The van der Waals surface area contributed by atoms with Gasteiger partial charge in [-0.15, -0.1) is 0 Å². The van der Waals surface area contributed by atoms with Crippen LogP contribution >= 0.6 is 11.8 Å². The van der Waals surface area contributed by atoms with E-state index in [2.05, 4.69) is 22.4 Å². The number of esters is 1. The maximum Gasteiger partial charge on any atom is 0.323 e. The summed E-state index contributed by atoms with van der Waals surface area (Å²) >= 11 is 2.09. The zero-order valence-electron chi connectivity index (χ0n) is 15.8. The molecule has 0 aliphatic carbocycles. The molecule has 0 aromatic carbocycles. The van der Waals surface area contributed by atoms with E-state index in [1.165, 1.54) is 44.3 Å². The van der Waals surface area contributed by atoms with Gasteiger partial charge in [0.05, 0.1) is 0 Å². The van der Waals surface area contributed by atoms with E-state index in [4.69, 9.17) is 4.74 Å². The maximum absolute atomic E-state index is 12.6. The van der Waals surface area contributed by atoms with Crippen molar-refractivity contribution in [2.24, 2.45) is 0 Å². The molecule has 2 heterocycles. The molecule has 24 heavy (non-hydrogen) atoms. The van der Waals surface area contributed by atoms with E-state index in [1.54, 1.807) is 0 Å². The molecular formula is C19H36N2O2S. The van der Waals surface area contributed by atoms with E-state index >= 15 is 0 Å². The molecule has 2 atom stereocenters. The van der Waals surface area contributed by atoms with E-state index in [-0.39, 0.29) is 12.0 Å². The van der Waals surface area contributed by atoms with Crippen molar-refractivity contribution >= 4 is 17.7 Å². The molecule has 0 amide bonds. The second-order valence-corrected chi connectivity index (χ2v) is 9.87. The van der Waals surface area contributed by atoms with Crippen molar-refractivity contribution in [3.63, 3.8) is 0 Å². The van der Waals surface area contributed by atoms with Crippen LogP contribution in [0, 0.1) is 0 Å². The first kappa shape index (κ1) is 20.1. The van der Waals surface area contributed by atoms with Gasteiger partial charge in [-0.25, -0.2) is 0 Å². The first-order valence-corrected chi connectivity index (χ1v) is 10.7. The predicted molar refractivity (Wildman–Crippen MR) is 103 cm³/mol. The van der Waals surface area contributed by atoms with Gasteiger partial charge in [-0.3, -0.25) is 4.79 Å². The first-order chi connectivity index (χ1) is 11.4. The summed E-state index contributed by atoms with van der Waals surface area (Å²) in [7, 11) is 0. The second-order valence-electron chi connectivity index (χ2n) is 8.30. The fraction of sp³-hybridized carbons (Fsp3) is 0.947. The van der Waals surface area contributed by atoms with Gasteiger partial charge < -0.3 is 15.4 Å². The monoisotopic (exact) mass is 356 g/mol. The van der Waals surface area contributed by atoms with Gasteiger partial charge in [0.25, 0.3) is 0 Å². The van der Waals surface area contributed by atoms with Crippen LogP contribution in [0.2, 0.25) is 0 Å². The summed E-state index contributed by atoms with van der Waals surface area (Å²) in [5, 5.41) is 7.20. The highest BCUT2D eigenvalue weighted by molar-refractivity contribution is 8.00. The molecule has 0 saturated carbocycles. The molecule has 2 fully saturated rings. The van der Waals surface area contributed by atoms with Crippen LogP contribution in [-0.2, 0) is 9.53 Å². The Morgan fingerprint density at radius 3 is 2.58 bits per heavy atom. The molecule has 2 aliphatic rings. The minimum Gasteiger partial charge on any atom is -0.459 e. The third-order valence-electron chi connectivity index (χ3n) is 4.90. The molecule has 2 saturated heterocycles. The molecule has 2 rings (SSSR count). The molecule has 5 heteroatoms. The number of ether oxygens (including phenoxy) is 1. The molecule has 1 spiro atoms. The lowest BCUT2D eigenvalue weighted by Crippen LogP contribution is -2.47. The quantitative estimate of drug-likeness (QED) is 0.704. The molecule has 0 radical (unpaired) electrons. The molecule has 0 aromatic heterocycles. The number of nitrogens with one attached hydrogen (secondary N) is 2. The molecule has 140 valence electrons. The Morgan fingerprint density at radius 1 is 1.08 bits per heavy atom. The van der Waals surface area contributed by atoms with Crippen LogP contribution in [0.3, 0.4) is 0 Å². The molecular weight excluding hydrogens is 320 g/mol. The van der Waals surface area contributed by atoms with Crippen molar-refractivity contribution in [1.29, 1.82) is 0 Å². The lowest BCUT2D eigenvalue weighted by molar-refractivity contribution is -0.157. The average Bonchev–Trinajstić information content (AvgIpc) is 2.95. The zero-order chi connectivity index (χ0) is 17.5. The zero-order valence-corrected chi connectivity index (χ0v) is 16.6. The second kappa shape index (κ2) is 9.44. The van der Waals surface area contributed by atoms with Crippen LogP contribution < -0.4 is 10.6 Å². The van der Waals surface area contributed by atoms with Crippen LogP contribution in [0.5, 0.6) is 0 Å². The lowest BCUT2D eigenvalue weighted by Gasteiger charge is -2.31. The van der Waals surface area contributed by atoms with E-state index in [1.807, 2.05) is 20.8 Å². The van der Waals surface area contributed by atoms with Gasteiger partial charge in [-0.05, 0) is 71.7 Å². The van der Waals surface area contributed by atoms with Crippen molar-refractivity contribution in [2.45, 2.75) is 88.5 Å². The van der Waals surface area contributed by atoms with Crippen LogP contribution in [0.1, 0.15) is 72.1 Å². The highest BCUT2D eigenvalue weighted by atomic mass is 32.2. The highest BCUT2D eigenvalue weighted by Gasteiger charge is 2.36. The van der Waals surface area contributed by atoms with E-state index in [9.17, 15) is 4.79 Å². The smallest absolute Gasteiger partial charge is 0.323 e. The fourth-order valence-corrected chi connectivity index (χ4v) is 5.00. The molecule has 0 aromatic rings. The Kier molecular flexibility index (Phi) is 7.89. The summed E-state index contributed by atoms with van der Waals surface area (Å²) in [6.07, 6.45) is 9.41. The van der Waals surface area contributed by atoms with Gasteiger partial charge >= 0.3 is 5.97 Å². The minimum absolute atomic E-state index is 0.0753. The summed E-state index contributed by atoms with van der Waals surface area (Å²) in [6.45, 7) is 8.98. The number of thioether (sulfide) groups is 1. The normalized spacial score (nSPS) is 31.0. The number of hydrogen-bond acceptors (Lipinski definition) is 5. The van der Waals surface area contributed by atoms with Crippen LogP contribution in [0.15, 0.2) is 0 Å². The first-order valence-electron chi connectivity index (χ1n) is 9.71. The Bertz CT molecular complexity index is 389. The Balaban J connectivity index is 2.00. The predicted octanol–water partition coefficient (Wildman–Crippen LogP) is 3.50. The molecule has 2 aliphatic heterocycles. The molecule has 2 unspecified atom stereocenters. The SMILES string of the molecule is CC(C)(C)OC(=O)C1CCCCCCNCCC2(CCCS2)CN1. The van der Waals surface area contributed by atoms with Gasteiger partial charge in [-0.2, -0.15) is 11.8 Å². The third-order valence-corrected chi connectivity index (χ3v) is 6.56. The average molecular weight is 357 g/mol. The van der Waals surface area contributed by atoms with Crippen molar-refractivity contribution < 1.29 is 9.53 Å². The van der Waals surface area contributed by atoms with Crippen LogP contribution in [0.25, 0.3) is 0 Å². The molecule has 4 nitrogen and oxygen atoms in total.